The summed E-state index contributed by atoms with van der Waals surface area (Å²) in [5.41, 5.74) is 13.5. The molecular weight excluding hydrogens is 432 g/mol. The minimum absolute atomic E-state index is 0.753. The third-order valence-corrected chi connectivity index (χ3v) is 25.4. The SMILES string of the molecule is CC12CC[C@@]13C14CCC15C1(CCC14[C@]31CCC21C)C12CC[C@]13C14CC[C@@]1(C)[C@@]1(C)CCC41[C@@]31CCC521. The maximum atomic E-state index is 2.88. The first-order chi connectivity index (χ1) is 17.2. The minimum atomic E-state index is 0.753. The summed E-state index contributed by atoms with van der Waals surface area (Å²) in [6, 6.07) is 0. The third kappa shape index (κ3) is 0.574. The first-order valence-electron chi connectivity index (χ1n) is 17.2. The molecule has 0 heteroatoms. The van der Waals surface area contributed by atoms with Crippen molar-refractivity contribution in [3.8, 4) is 0 Å². The van der Waals surface area contributed by atoms with Gasteiger partial charge in [0.1, 0.15) is 0 Å². The molecule has 0 aliphatic heterocycles. The molecule has 0 bridgehead atoms. The Labute approximate surface area is 216 Å². The van der Waals surface area contributed by atoms with Crippen LogP contribution in [0.2, 0.25) is 0 Å². The fraction of sp³-hybridized carbons (Fsp3) is 1.00. The molecule has 0 aromatic heterocycles. The Hall–Kier alpha value is 0. The van der Waals surface area contributed by atoms with Crippen LogP contribution in [0.4, 0.5) is 0 Å². The smallest absolute Gasteiger partial charge is 0.00934 e. The highest BCUT2D eigenvalue weighted by atomic mass is 15.4. The molecular formula is C36H44. The van der Waals surface area contributed by atoms with Crippen LogP contribution in [0.15, 0.2) is 0 Å². The highest BCUT2D eigenvalue weighted by Gasteiger charge is 3.33. The summed E-state index contributed by atoms with van der Waals surface area (Å²) in [4.78, 5) is 0. The highest BCUT2D eigenvalue weighted by Crippen LogP contribution is 3.37. The van der Waals surface area contributed by atoms with Crippen LogP contribution in [0, 0.1) is 86.6 Å². The number of hydrogen-bond donors (Lipinski definition) is 0. The predicted molar refractivity (Wildman–Crippen MR) is 135 cm³/mol. The van der Waals surface area contributed by atoms with Gasteiger partial charge in [0.05, 0.1) is 0 Å². The summed E-state index contributed by atoms with van der Waals surface area (Å²) in [7, 11) is 0. The Balaban J connectivity index is 1.08. The van der Waals surface area contributed by atoms with Crippen LogP contribution in [0.1, 0.15) is 130 Å². The average Bonchev–Trinajstić information content (AvgIpc) is 2.73. The summed E-state index contributed by atoms with van der Waals surface area (Å²) in [6.45, 7) is 11.5. The third-order valence-electron chi connectivity index (χ3n) is 25.4. The molecule has 188 valence electrons. The molecule has 15 fully saturated rings. The van der Waals surface area contributed by atoms with Gasteiger partial charge in [0.25, 0.3) is 0 Å². The van der Waals surface area contributed by atoms with E-state index in [1.807, 2.05) is 0 Å². The van der Waals surface area contributed by atoms with Crippen LogP contribution in [-0.4, -0.2) is 0 Å². The summed E-state index contributed by atoms with van der Waals surface area (Å²) in [5.74, 6) is 0. The average molecular weight is 477 g/mol. The number of hydrogen-bond acceptors (Lipinski definition) is 0. The fourth-order valence-electron chi connectivity index (χ4n) is 27.1. The van der Waals surface area contributed by atoms with Crippen molar-refractivity contribution >= 4 is 0 Å². The van der Waals surface area contributed by atoms with Gasteiger partial charge in [0.2, 0.25) is 0 Å². The maximum Gasteiger partial charge on any atom is -0.00934 e. The standard InChI is InChI=1S/C36H44/c1-21-5-9-25(21)26(10-6-22(21,26)2)30-14-18-34(30)33(17-13-29(25,30)33)35-19-15-31(35)27-11-7-23(27,3)24(4)8-12-28(24,27)32(31)16-20-36(32,34)35/h5-20H2,1-4H3/t21-,22+,23?,24?,25?,26?,27-,28+,29+,30-,31?,32?,33?,34?,35?,36?. The van der Waals surface area contributed by atoms with Gasteiger partial charge in [-0.1, -0.05) is 27.7 Å². The lowest BCUT2D eigenvalue weighted by Gasteiger charge is -3.34. The number of rotatable bonds is 0. The molecule has 12 spiro atoms. The lowest BCUT2D eigenvalue weighted by molar-refractivity contribution is -0.879. The van der Waals surface area contributed by atoms with Gasteiger partial charge in [-0.25, -0.2) is 0 Å². The molecule has 10 unspecified atom stereocenters. The molecule has 0 aromatic carbocycles. The fourth-order valence-corrected chi connectivity index (χ4v) is 27.1. The van der Waals surface area contributed by atoms with Crippen molar-refractivity contribution in [1.29, 1.82) is 0 Å². The molecule has 0 amide bonds. The van der Waals surface area contributed by atoms with Gasteiger partial charge >= 0.3 is 0 Å². The topological polar surface area (TPSA) is 0 Å². The van der Waals surface area contributed by atoms with Gasteiger partial charge in [-0.2, -0.15) is 0 Å². The van der Waals surface area contributed by atoms with Crippen molar-refractivity contribution in [2.75, 3.05) is 0 Å². The van der Waals surface area contributed by atoms with E-state index in [2.05, 4.69) is 27.7 Å². The van der Waals surface area contributed by atoms with E-state index in [0.717, 1.165) is 86.6 Å². The molecule has 0 saturated heterocycles. The second-order valence-electron chi connectivity index (χ2n) is 20.2. The van der Waals surface area contributed by atoms with Gasteiger partial charge in [0.15, 0.2) is 0 Å². The lowest BCUT2D eigenvalue weighted by Crippen LogP contribution is -3.30. The Morgan fingerprint density at radius 2 is 0.333 bits per heavy atom. The first-order valence-corrected chi connectivity index (χ1v) is 17.2. The van der Waals surface area contributed by atoms with Gasteiger partial charge in [0, 0.05) is 0 Å². The predicted octanol–water partition coefficient (Wildman–Crippen LogP) is 8.29. The summed E-state index contributed by atoms with van der Waals surface area (Å²) in [5, 5.41) is 0. The molecule has 16 atom stereocenters. The van der Waals surface area contributed by atoms with Crippen molar-refractivity contribution in [1.82, 2.24) is 0 Å². The molecule has 15 aliphatic rings. The number of fused-ring (bicyclic) bond motifs is 2. The van der Waals surface area contributed by atoms with Crippen LogP contribution in [0.3, 0.4) is 0 Å². The minimum Gasteiger partial charge on any atom is -0.0585 e. The Morgan fingerprint density at radius 1 is 0.194 bits per heavy atom. The molecule has 0 N–H and O–H groups in total. The van der Waals surface area contributed by atoms with E-state index in [4.69, 9.17) is 0 Å². The van der Waals surface area contributed by atoms with Crippen molar-refractivity contribution in [2.45, 2.75) is 130 Å². The molecule has 0 aromatic rings. The molecule has 0 nitrogen and oxygen atoms in total. The molecule has 0 heterocycles. The molecule has 15 saturated carbocycles. The van der Waals surface area contributed by atoms with Gasteiger partial charge in [-0.05, 0) is 189 Å². The van der Waals surface area contributed by atoms with Crippen LogP contribution in [0.5, 0.6) is 0 Å². The van der Waals surface area contributed by atoms with Gasteiger partial charge in [-0.3, -0.25) is 0 Å². The summed E-state index contributed by atoms with van der Waals surface area (Å²) < 4.78 is 0. The van der Waals surface area contributed by atoms with E-state index in [-0.39, 0.29) is 0 Å². The summed E-state index contributed by atoms with van der Waals surface area (Å²) >= 11 is 0. The quantitative estimate of drug-likeness (QED) is 0.330. The highest BCUT2D eigenvalue weighted by molar-refractivity contribution is 5.79. The Morgan fingerprint density at radius 3 is 0.444 bits per heavy atom. The van der Waals surface area contributed by atoms with E-state index >= 15 is 0 Å². The lowest BCUT2D eigenvalue weighted by atomic mass is 8.69. The van der Waals surface area contributed by atoms with E-state index in [9.17, 15) is 0 Å². The van der Waals surface area contributed by atoms with Crippen molar-refractivity contribution in [3.63, 3.8) is 0 Å². The Bertz CT molecular complexity index is 1280. The molecule has 15 aliphatic carbocycles. The summed E-state index contributed by atoms with van der Waals surface area (Å²) in [6.07, 6.45) is 27.0. The Kier molecular flexibility index (Phi) is 1.58. The van der Waals surface area contributed by atoms with E-state index < -0.39 is 0 Å². The zero-order chi connectivity index (χ0) is 23.3. The largest absolute Gasteiger partial charge is 0.0585 e. The van der Waals surface area contributed by atoms with Crippen LogP contribution < -0.4 is 0 Å². The van der Waals surface area contributed by atoms with Crippen LogP contribution >= 0.6 is 0 Å². The van der Waals surface area contributed by atoms with Crippen molar-refractivity contribution in [3.05, 3.63) is 0 Å². The molecule has 15 rings (SSSR count). The molecule has 0 radical (unpaired) electrons. The first kappa shape index (κ1) is 17.6. The van der Waals surface area contributed by atoms with E-state index in [0.29, 0.717) is 0 Å². The monoisotopic (exact) mass is 476 g/mol. The van der Waals surface area contributed by atoms with E-state index in [1.54, 1.807) is 103 Å². The van der Waals surface area contributed by atoms with Gasteiger partial charge in [-0.15, -0.1) is 0 Å². The zero-order valence-electron chi connectivity index (χ0n) is 23.3. The zero-order valence-corrected chi connectivity index (χ0v) is 23.3. The van der Waals surface area contributed by atoms with Gasteiger partial charge < -0.3 is 0 Å². The van der Waals surface area contributed by atoms with Crippen LogP contribution in [0.25, 0.3) is 0 Å². The second kappa shape index (κ2) is 3.23. The van der Waals surface area contributed by atoms with Crippen LogP contribution in [-0.2, 0) is 0 Å². The van der Waals surface area contributed by atoms with E-state index in [1.165, 1.54) is 0 Å². The van der Waals surface area contributed by atoms with Crippen molar-refractivity contribution < 1.29 is 0 Å². The maximum absolute atomic E-state index is 2.88. The second-order valence-corrected chi connectivity index (χ2v) is 20.2. The van der Waals surface area contributed by atoms with Crippen molar-refractivity contribution in [2.24, 2.45) is 86.6 Å². The normalized spacial score (nSPS) is 96.3. The molecule has 36 heavy (non-hydrogen) atoms.